The fourth-order valence-corrected chi connectivity index (χ4v) is 3.44. The number of aryl methyl sites for hydroxylation is 2. The molecule has 3 rings (SSSR count). The van der Waals surface area contributed by atoms with E-state index in [1.165, 1.54) is 23.0 Å². The number of benzene rings is 1. The second-order valence-electron chi connectivity index (χ2n) is 6.91. The molecule has 6 nitrogen and oxygen atoms in total. The smallest absolute Gasteiger partial charge is 0.289 e. The van der Waals surface area contributed by atoms with Gasteiger partial charge in [-0.3, -0.25) is 9.79 Å². The van der Waals surface area contributed by atoms with Crippen LogP contribution in [0, 0.1) is 13.8 Å². The van der Waals surface area contributed by atoms with Crippen LogP contribution in [0.3, 0.4) is 0 Å². The van der Waals surface area contributed by atoms with Crippen LogP contribution in [-0.4, -0.2) is 61.4 Å². The summed E-state index contributed by atoms with van der Waals surface area (Å²) in [4.78, 5) is 20.8. The molecule has 1 aliphatic heterocycles. The summed E-state index contributed by atoms with van der Waals surface area (Å²) in [7, 11) is 1.81. The standard InChI is InChI=1S/C21H28N4O2.HI/c1-16-6-7-18(17(2)15-16)8-9-23-21(22-3)25-12-10-24(11-13-25)20(26)19-5-4-14-27-19;/h4-7,14-15H,8-13H2,1-3H3,(H,22,23);1H. The number of nitrogens with zero attached hydrogens (tertiary/aromatic N) is 3. The number of piperazine rings is 1. The van der Waals surface area contributed by atoms with Crippen LogP contribution < -0.4 is 5.32 Å². The van der Waals surface area contributed by atoms with E-state index in [2.05, 4.69) is 47.3 Å². The van der Waals surface area contributed by atoms with Gasteiger partial charge in [0.1, 0.15) is 0 Å². The molecule has 0 radical (unpaired) electrons. The Morgan fingerprint density at radius 1 is 1.14 bits per heavy atom. The van der Waals surface area contributed by atoms with E-state index in [0.29, 0.717) is 18.8 Å². The van der Waals surface area contributed by atoms with Crippen molar-refractivity contribution < 1.29 is 9.21 Å². The van der Waals surface area contributed by atoms with Gasteiger partial charge in [-0.05, 0) is 43.5 Å². The highest BCUT2D eigenvalue weighted by molar-refractivity contribution is 14.0. The molecule has 1 fully saturated rings. The Morgan fingerprint density at radius 3 is 2.46 bits per heavy atom. The molecule has 2 aromatic rings. The van der Waals surface area contributed by atoms with Gasteiger partial charge in [0.05, 0.1) is 6.26 Å². The molecule has 0 aliphatic carbocycles. The number of nitrogens with one attached hydrogen (secondary N) is 1. The molecule has 2 heterocycles. The second-order valence-corrected chi connectivity index (χ2v) is 6.91. The highest BCUT2D eigenvalue weighted by atomic mass is 127. The highest BCUT2D eigenvalue weighted by Crippen LogP contribution is 2.12. The van der Waals surface area contributed by atoms with Crippen LogP contribution in [-0.2, 0) is 6.42 Å². The van der Waals surface area contributed by atoms with Crippen LogP contribution in [0.25, 0.3) is 0 Å². The summed E-state index contributed by atoms with van der Waals surface area (Å²) in [5.74, 6) is 1.25. The molecule has 1 aliphatic rings. The largest absolute Gasteiger partial charge is 0.459 e. The van der Waals surface area contributed by atoms with E-state index < -0.39 is 0 Å². The zero-order chi connectivity index (χ0) is 19.2. The molecular weight excluding hydrogens is 467 g/mol. The van der Waals surface area contributed by atoms with Crippen molar-refractivity contribution in [3.63, 3.8) is 0 Å². The van der Waals surface area contributed by atoms with Crippen molar-refractivity contribution in [2.45, 2.75) is 20.3 Å². The number of halogens is 1. The summed E-state index contributed by atoms with van der Waals surface area (Å²) >= 11 is 0. The summed E-state index contributed by atoms with van der Waals surface area (Å²) in [6, 6.07) is 10.0. The van der Waals surface area contributed by atoms with Gasteiger partial charge in [0.15, 0.2) is 11.7 Å². The van der Waals surface area contributed by atoms with Crippen molar-refractivity contribution in [3.05, 3.63) is 59.0 Å². The van der Waals surface area contributed by atoms with E-state index in [0.717, 1.165) is 32.0 Å². The summed E-state index contributed by atoms with van der Waals surface area (Å²) in [6.45, 7) is 7.96. The summed E-state index contributed by atoms with van der Waals surface area (Å²) < 4.78 is 5.22. The van der Waals surface area contributed by atoms with Crippen molar-refractivity contribution in [2.75, 3.05) is 39.8 Å². The summed E-state index contributed by atoms with van der Waals surface area (Å²) in [5, 5.41) is 3.46. The van der Waals surface area contributed by atoms with Gasteiger partial charge in [0, 0.05) is 39.8 Å². The van der Waals surface area contributed by atoms with Gasteiger partial charge in [-0.1, -0.05) is 23.8 Å². The molecule has 0 unspecified atom stereocenters. The number of aliphatic imine (C=N–C) groups is 1. The minimum atomic E-state index is -0.0440. The van der Waals surface area contributed by atoms with Gasteiger partial charge in [0.2, 0.25) is 0 Å². The lowest BCUT2D eigenvalue weighted by atomic mass is 10.0. The molecule has 1 amide bonds. The highest BCUT2D eigenvalue weighted by Gasteiger charge is 2.25. The van der Waals surface area contributed by atoms with Crippen molar-refractivity contribution in [1.82, 2.24) is 15.1 Å². The molecule has 28 heavy (non-hydrogen) atoms. The van der Waals surface area contributed by atoms with E-state index in [4.69, 9.17) is 4.42 Å². The van der Waals surface area contributed by atoms with Gasteiger partial charge in [0.25, 0.3) is 5.91 Å². The number of guanidine groups is 1. The monoisotopic (exact) mass is 496 g/mol. The normalized spacial score (nSPS) is 14.6. The van der Waals surface area contributed by atoms with Gasteiger partial charge < -0.3 is 19.5 Å². The Bertz CT molecular complexity index is 797. The third-order valence-corrected chi connectivity index (χ3v) is 4.99. The zero-order valence-corrected chi connectivity index (χ0v) is 19.1. The van der Waals surface area contributed by atoms with Crippen LogP contribution in [0.2, 0.25) is 0 Å². The third kappa shape index (κ3) is 5.50. The predicted molar refractivity (Wildman–Crippen MR) is 123 cm³/mol. The van der Waals surface area contributed by atoms with Gasteiger partial charge in [-0.2, -0.15) is 0 Å². The number of hydrogen-bond acceptors (Lipinski definition) is 3. The van der Waals surface area contributed by atoms with E-state index >= 15 is 0 Å². The van der Waals surface area contributed by atoms with E-state index in [1.807, 2.05) is 4.90 Å². The molecule has 0 saturated carbocycles. The Labute approximate surface area is 184 Å². The molecule has 0 bridgehead atoms. The van der Waals surface area contributed by atoms with Gasteiger partial charge >= 0.3 is 0 Å². The van der Waals surface area contributed by atoms with Gasteiger partial charge in [-0.25, -0.2) is 0 Å². The predicted octanol–water partition coefficient (Wildman–Crippen LogP) is 3.09. The van der Waals surface area contributed by atoms with Crippen molar-refractivity contribution in [3.8, 4) is 0 Å². The maximum absolute atomic E-state index is 12.4. The molecule has 1 aromatic heterocycles. The minimum absolute atomic E-state index is 0. The summed E-state index contributed by atoms with van der Waals surface area (Å²) in [6.07, 6.45) is 2.49. The van der Waals surface area contributed by atoms with Crippen molar-refractivity contribution in [2.24, 2.45) is 4.99 Å². The fourth-order valence-electron chi connectivity index (χ4n) is 3.44. The number of furan rings is 1. The maximum Gasteiger partial charge on any atom is 0.289 e. The fraction of sp³-hybridized carbons (Fsp3) is 0.429. The summed E-state index contributed by atoms with van der Waals surface area (Å²) in [5.41, 5.74) is 3.98. The number of hydrogen-bond donors (Lipinski definition) is 1. The average molecular weight is 496 g/mol. The Morgan fingerprint density at radius 2 is 1.86 bits per heavy atom. The minimum Gasteiger partial charge on any atom is -0.459 e. The first-order valence-corrected chi connectivity index (χ1v) is 9.43. The molecule has 1 saturated heterocycles. The Hall–Kier alpha value is -2.03. The first-order chi connectivity index (χ1) is 13.1. The topological polar surface area (TPSA) is 61.1 Å². The third-order valence-electron chi connectivity index (χ3n) is 4.99. The molecule has 0 spiro atoms. The lowest BCUT2D eigenvalue weighted by Crippen LogP contribution is -2.54. The van der Waals surface area contributed by atoms with Crippen molar-refractivity contribution >= 4 is 35.8 Å². The van der Waals surface area contributed by atoms with E-state index in [1.54, 1.807) is 19.2 Å². The first kappa shape index (κ1) is 22.3. The van der Waals surface area contributed by atoms with Crippen LogP contribution >= 0.6 is 24.0 Å². The second kappa shape index (κ2) is 10.5. The average Bonchev–Trinajstić information content (AvgIpc) is 3.21. The van der Waals surface area contributed by atoms with E-state index in [-0.39, 0.29) is 29.9 Å². The number of rotatable bonds is 4. The lowest BCUT2D eigenvalue weighted by Gasteiger charge is -2.36. The lowest BCUT2D eigenvalue weighted by molar-refractivity contribution is 0.0658. The van der Waals surface area contributed by atoms with Crippen LogP contribution in [0.4, 0.5) is 0 Å². The molecule has 1 N–H and O–H groups in total. The molecule has 0 atom stereocenters. The van der Waals surface area contributed by atoms with Gasteiger partial charge in [-0.15, -0.1) is 24.0 Å². The Kier molecular flexibility index (Phi) is 8.35. The molecule has 152 valence electrons. The van der Waals surface area contributed by atoms with Crippen LogP contribution in [0.15, 0.2) is 46.0 Å². The van der Waals surface area contributed by atoms with Crippen molar-refractivity contribution in [1.29, 1.82) is 0 Å². The number of carbonyl (C=O) groups excluding carboxylic acids is 1. The Balaban J connectivity index is 0.00000280. The quantitative estimate of drug-likeness (QED) is 0.402. The molecule has 7 heteroatoms. The number of amides is 1. The zero-order valence-electron chi connectivity index (χ0n) is 16.8. The maximum atomic E-state index is 12.4. The molecule has 1 aromatic carbocycles. The molecular formula is C21H29IN4O2. The van der Waals surface area contributed by atoms with Crippen LogP contribution in [0.1, 0.15) is 27.2 Å². The number of carbonyl (C=O) groups is 1. The van der Waals surface area contributed by atoms with E-state index in [9.17, 15) is 4.79 Å². The first-order valence-electron chi connectivity index (χ1n) is 9.43. The SMILES string of the molecule is CN=C(NCCc1ccc(C)cc1C)N1CCN(C(=O)c2ccco2)CC1.I. The van der Waals surface area contributed by atoms with Crippen LogP contribution in [0.5, 0.6) is 0 Å².